The second-order valence-electron chi connectivity index (χ2n) is 5.38. The molecule has 0 amide bonds. The van der Waals surface area contributed by atoms with Gasteiger partial charge in [0.2, 0.25) is 0 Å². The summed E-state index contributed by atoms with van der Waals surface area (Å²) in [5.74, 6) is -0.309. The maximum Gasteiger partial charge on any atom is 0.181 e. The van der Waals surface area contributed by atoms with Crippen molar-refractivity contribution >= 4 is 5.69 Å². The molecule has 4 heteroatoms. The van der Waals surface area contributed by atoms with Gasteiger partial charge < -0.3 is 10.1 Å². The first kappa shape index (κ1) is 13.9. The van der Waals surface area contributed by atoms with Crippen LogP contribution in [0.5, 0.6) is 5.75 Å². The Labute approximate surface area is 122 Å². The van der Waals surface area contributed by atoms with Gasteiger partial charge in [-0.05, 0) is 48.6 Å². The van der Waals surface area contributed by atoms with Crippen LogP contribution in [0.1, 0.15) is 24.3 Å². The van der Waals surface area contributed by atoms with Gasteiger partial charge in [-0.15, -0.1) is 0 Å². The van der Waals surface area contributed by atoms with E-state index in [4.69, 9.17) is 4.74 Å². The molecule has 1 saturated carbocycles. The van der Waals surface area contributed by atoms with Crippen LogP contribution in [0.2, 0.25) is 0 Å². The highest BCUT2D eigenvalue weighted by atomic mass is 19.2. The number of hydrogen-bond donors (Lipinski definition) is 1. The monoisotopic (exact) mass is 289 g/mol. The molecule has 0 aliphatic heterocycles. The Kier molecular flexibility index (Phi) is 3.78. The maximum absolute atomic E-state index is 13.6. The van der Waals surface area contributed by atoms with Crippen LogP contribution in [0, 0.1) is 11.6 Å². The van der Waals surface area contributed by atoms with E-state index in [0.717, 1.165) is 24.7 Å². The van der Waals surface area contributed by atoms with Gasteiger partial charge in [-0.3, -0.25) is 0 Å². The van der Waals surface area contributed by atoms with E-state index in [1.54, 1.807) is 13.2 Å². The SMILES string of the molecule is COc1ccc(C2CC(Nc3cccc(F)c3F)C2)cc1. The zero-order valence-electron chi connectivity index (χ0n) is 11.8. The van der Waals surface area contributed by atoms with Crippen molar-refractivity contribution in [1.29, 1.82) is 0 Å². The second-order valence-corrected chi connectivity index (χ2v) is 5.38. The van der Waals surface area contributed by atoms with Crippen molar-refractivity contribution in [3.8, 4) is 5.75 Å². The molecular formula is C17H17F2NO. The van der Waals surface area contributed by atoms with E-state index in [2.05, 4.69) is 17.4 Å². The summed E-state index contributed by atoms with van der Waals surface area (Å²) in [6.45, 7) is 0. The van der Waals surface area contributed by atoms with Gasteiger partial charge in [0.25, 0.3) is 0 Å². The highest BCUT2D eigenvalue weighted by Crippen LogP contribution is 2.39. The Morgan fingerprint density at radius 1 is 1.05 bits per heavy atom. The van der Waals surface area contributed by atoms with Crippen molar-refractivity contribution in [3.63, 3.8) is 0 Å². The first-order chi connectivity index (χ1) is 10.2. The number of benzene rings is 2. The topological polar surface area (TPSA) is 21.3 Å². The Bertz CT molecular complexity index is 621. The first-order valence-corrected chi connectivity index (χ1v) is 7.02. The predicted octanol–water partition coefficient (Wildman–Crippen LogP) is 4.33. The number of rotatable bonds is 4. The summed E-state index contributed by atoms with van der Waals surface area (Å²) in [5, 5.41) is 3.07. The minimum Gasteiger partial charge on any atom is -0.497 e. The van der Waals surface area contributed by atoms with Gasteiger partial charge in [-0.1, -0.05) is 18.2 Å². The Morgan fingerprint density at radius 2 is 1.76 bits per heavy atom. The molecule has 1 aliphatic carbocycles. The molecule has 21 heavy (non-hydrogen) atoms. The summed E-state index contributed by atoms with van der Waals surface area (Å²) >= 11 is 0. The molecule has 0 bridgehead atoms. The summed E-state index contributed by atoms with van der Waals surface area (Å²) in [6.07, 6.45) is 1.84. The fourth-order valence-electron chi connectivity index (χ4n) is 2.72. The minimum atomic E-state index is -0.814. The van der Waals surface area contributed by atoms with Gasteiger partial charge in [-0.2, -0.15) is 0 Å². The summed E-state index contributed by atoms with van der Waals surface area (Å²) in [7, 11) is 1.64. The van der Waals surface area contributed by atoms with Gasteiger partial charge in [0.05, 0.1) is 12.8 Å². The fraction of sp³-hybridized carbons (Fsp3) is 0.294. The van der Waals surface area contributed by atoms with Gasteiger partial charge >= 0.3 is 0 Å². The van der Waals surface area contributed by atoms with Crippen LogP contribution < -0.4 is 10.1 Å². The molecule has 2 aromatic rings. The van der Waals surface area contributed by atoms with E-state index in [1.807, 2.05) is 12.1 Å². The van der Waals surface area contributed by atoms with Gasteiger partial charge in [0, 0.05) is 6.04 Å². The average Bonchev–Trinajstić information content (AvgIpc) is 2.47. The molecule has 0 radical (unpaired) electrons. The van der Waals surface area contributed by atoms with Crippen molar-refractivity contribution in [2.45, 2.75) is 24.8 Å². The van der Waals surface area contributed by atoms with Crippen LogP contribution in [0.4, 0.5) is 14.5 Å². The maximum atomic E-state index is 13.6. The number of anilines is 1. The summed E-state index contributed by atoms with van der Waals surface area (Å²) < 4.78 is 31.8. The van der Waals surface area contributed by atoms with Crippen molar-refractivity contribution < 1.29 is 13.5 Å². The van der Waals surface area contributed by atoms with E-state index < -0.39 is 11.6 Å². The van der Waals surface area contributed by atoms with Crippen molar-refractivity contribution in [1.82, 2.24) is 0 Å². The van der Waals surface area contributed by atoms with E-state index in [9.17, 15) is 8.78 Å². The molecular weight excluding hydrogens is 272 g/mol. The lowest BCUT2D eigenvalue weighted by molar-refractivity contribution is 0.371. The predicted molar refractivity (Wildman–Crippen MR) is 78.7 cm³/mol. The zero-order chi connectivity index (χ0) is 14.8. The summed E-state index contributed by atoms with van der Waals surface area (Å²) in [5.41, 5.74) is 1.50. The second kappa shape index (κ2) is 5.72. The molecule has 0 atom stereocenters. The van der Waals surface area contributed by atoms with E-state index in [0.29, 0.717) is 5.92 Å². The normalized spacial score (nSPS) is 20.7. The Morgan fingerprint density at radius 3 is 2.43 bits per heavy atom. The van der Waals surface area contributed by atoms with Crippen LogP contribution in [-0.4, -0.2) is 13.2 Å². The summed E-state index contributed by atoms with van der Waals surface area (Å²) in [4.78, 5) is 0. The van der Waals surface area contributed by atoms with Crippen LogP contribution >= 0.6 is 0 Å². The summed E-state index contributed by atoms with van der Waals surface area (Å²) in [6, 6.07) is 12.4. The van der Waals surface area contributed by atoms with Gasteiger partial charge in [-0.25, -0.2) is 8.78 Å². The highest BCUT2D eigenvalue weighted by Gasteiger charge is 2.30. The number of ether oxygens (including phenoxy) is 1. The van der Waals surface area contributed by atoms with Crippen molar-refractivity contribution in [2.75, 3.05) is 12.4 Å². The van der Waals surface area contributed by atoms with Crippen LogP contribution in [-0.2, 0) is 0 Å². The number of halogens is 2. The molecule has 0 unspecified atom stereocenters. The van der Waals surface area contributed by atoms with Gasteiger partial charge in [0.15, 0.2) is 11.6 Å². The Balaban J connectivity index is 1.59. The molecule has 1 fully saturated rings. The van der Waals surface area contributed by atoms with Crippen molar-refractivity contribution in [3.05, 3.63) is 59.7 Å². The number of nitrogens with one attached hydrogen (secondary N) is 1. The molecule has 3 rings (SSSR count). The van der Waals surface area contributed by atoms with Crippen LogP contribution in [0.15, 0.2) is 42.5 Å². The highest BCUT2D eigenvalue weighted by molar-refractivity contribution is 5.47. The van der Waals surface area contributed by atoms with Crippen LogP contribution in [0.25, 0.3) is 0 Å². The third kappa shape index (κ3) is 2.84. The van der Waals surface area contributed by atoms with Crippen LogP contribution in [0.3, 0.4) is 0 Å². The van der Waals surface area contributed by atoms with E-state index in [-0.39, 0.29) is 11.7 Å². The standard InChI is InChI=1S/C17H17F2NO/c1-21-14-7-5-11(6-8-14)12-9-13(10-12)20-16-4-2-3-15(18)17(16)19/h2-8,12-13,20H,9-10H2,1H3. The zero-order valence-corrected chi connectivity index (χ0v) is 11.8. The van der Waals surface area contributed by atoms with Gasteiger partial charge in [0.1, 0.15) is 5.75 Å². The minimum absolute atomic E-state index is 0.188. The largest absolute Gasteiger partial charge is 0.497 e. The first-order valence-electron chi connectivity index (χ1n) is 7.02. The molecule has 1 N–H and O–H groups in total. The quantitative estimate of drug-likeness (QED) is 0.904. The number of hydrogen-bond acceptors (Lipinski definition) is 2. The lowest BCUT2D eigenvalue weighted by Gasteiger charge is -2.37. The molecule has 2 nitrogen and oxygen atoms in total. The Hall–Kier alpha value is -2.10. The molecule has 0 spiro atoms. The lowest BCUT2D eigenvalue weighted by atomic mass is 9.76. The fourth-order valence-corrected chi connectivity index (χ4v) is 2.72. The van der Waals surface area contributed by atoms with E-state index >= 15 is 0 Å². The smallest absolute Gasteiger partial charge is 0.181 e. The number of methoxy groups -OCH3 is 1. The van der Waals surface area contributed by atoms with E-state index in [1.165, 1.54) is 11.6 Å². The lowest BCUT2D eigenvalue weighted by Crippen LogP contribution is -2.34. The molecule has 2 aromatic carbocycles. The average molecular weight is 289 g/mol. The molecule has 0 saturated heterocycles. The molecule has 110 valence electrons. The molecule has 0 aromatic heterocycles. The third-order valence-electron chi connectivity index (χ3n) is 4.04. The molecule has 0 heterocycles. The van der Waals surface area contributed by atoms with Crippen molar-refractivity contribution in [2.24, 2.45) is 0 Å². The molecule has 1 aliphatic rings. The third-order valence-corrected chi connectivity index (χ3v) is 4.04.